The summed E-state index contributed by atoms with van der Waals surface area (Å²) >= 11 is 0. The van der Waals surface area contributed by atoms with Crippen LogP contribution in [-0.2, 0) is 9.53 Å². The number of rotatable bonds is 5. The minimum absolute atomic E-state index is 0.0810. The van der Waals surface area contributed by atoms with Gasteiger partial charge in [0.25, 0.3) is 5.69 Å². The Morgan fingerprint density at radius 1 is 1.24 bits per heavy atom. The second kappa shape index (κ2) is 7.04. The van der Waals surface area contributed by atoms with E-state index in [0.717, 1.165) is 5.56 Å². The van der Waals surface area contributed by atoms with E-state index in [1.54, 1.807) is 49.4 Å². The van der Waals surface area contributed by atoms with Gasteiger partial charge in [0.15, 0.2) is 11.5 Å². The molecular weight excluding hydrogens is 326 g/mol. The lowest BCUT2D eigenvalue weighted by atomic mass is 10.1. The Kier molecular flexibility index (Phi) is 4.65. The topological polar surface area (TPSA) is 87.9 Å². The molecule has 1 aliphatic heterocycles. The second-order valence-electron chi connectivity index (χ2n) is 5.34. The maximum atomic E-state index is 12.0. The van der Waals surface area contributed by atoms with E-state index in [1.165, 1.54) is 12.1 Å². The molecule has 0 aromatic heterocycles. The van der Waals surface area contributed by atoms with Crippen molar-refractivity contribution in [1.82, 2.24) is 0 Å². The number of carbonyl (C=O) groups excluding carboxylic acids is 1. The normalized spacial score (nSPS) is 13.6. The average molecular weight is 341 g/mol. The Morgan fingerprint density at radius 2 is 2.00 bits per heavy atom. The molecule has 2 aromatic carbocycles. The van der Waals surface area contributed by atoms with E-state index in [2.05, 4.69) is 0 Å². The summed E-state index contributed by atoms with van der Waals surface area (Å²) in [7, 11) is 0. The van der Waals surface area contributed by atoms with Crippen LogP contribution in [0.5, 0.6) is 11.5 Å². The molecule has 7 nitrogen and oxygen atoms in total. The third kappa shape index (κ3) is 3.77. The van der Waals surface area contributed by atoms with Crippen LogP contribution < -0.4 is 9.47 Å². The Bertz CT molecular complexity index is 845. The standard InChI is InChI=1S/C18H15NO6/c1-12(14-4-2-3-5-15(14)19(21)22)25-18(20)9-7-13-6-8-16-17(10-13)24-11-23-16/h2-10,12H,11H2,1H3. The molecule has 0 amide bonds. The van der Waals surface area contributed by atoms with Crippen LogP contribution in [0, 0.1) is 10.1 Å². The molecule has 0 fully saturated rings. The predicted molar refractivity (Wildman–Crippen MR) is 89.2 cm³/mol. The fourth-order valence-corrected chi connectivity index (χ4v) is 2.46. The lowest BCUT2D eigenvalue weighted by Gasteiger charge is -2.12. The number of hydrogen-bond acceptors (Lipinski definition) is 6. The lowest BCUT2D eigenvalue weighted by molar-refractivity contribution is -0.386. The molecule has 0 saturated heterocycles. The molecule has 0 aliphatic carbocycles. The second-order valence-corrected chi connectivity index (χ2v) is 5.34. The molecule has 0 N–H and O–H groups in total. The van der Waals surface area contributed by atoms with Gasteiger partial charge >= 0.3 is 5.97 Å². The van der Waals surface area contributed by atoms with Crippen LogP contribution in [0.3, 0.4) is 0 Å². The van der Waals surface area contributed by atoms with Crippen molar-refractivity contribution in [3.05, 3.63) is 69.8 Å². The zero-order valence-electron chi connectivity index (χ0n) is 13.4. The van der Waals surface area contributed by atoms with E-state index in [1.807, 2.05) is 0 Å². The minimum atomic E-state index is -0.740. The first kappa shape index (κ1) is 16.5. The van der Waals surface area contributed by atoms with Gasteiger partial charge in [0.05, 0.1) is 10.5 Å². The summed E-state index contributed by atoms with van der Waals surface area (Å²) in [4.78, 5) is 22.5. The van der Waals surface area contributed by atoms with Crippen LogP contribution >= 0.6 is 0 Å². The van der Waals surface area contributed by atoms with Crippen LogP contribution in [0.4, 0.5) is 5.69 Å². The molecule has 3 rings (SSSR count). The molecule has 7 heteroatoms. The lowest BCUT2D eigenvalue weighted by Crippen LogP contribution is -2.08. The fourth-order valence-electron chi connectivity index (χ4n) is 2.46. The number of nitro benzene ring substituents is 1. The van der Waals surface area contributed by atoms with Gasteiger partial charge in [-0.3, -0.25) is 10.1 Å². The van der Waals surface area contributed by atoms with Crippen molar-refractivity contribution in [3.8, 4) is 11.5 Å². The molecule has 0 bridgehead atoms. The third-order valence-corrected chi connectivity index (χ3v) is 3.67. The van der Waals surface area contributed by atoms with Gasteiger partial charge in [-0.05, 0) is 36.8 Å². The number of carbonyl (C=O) groups is 1. The summed E-state index contributed by atoms with van der Waals surface area (Å²) in [5.41, 5.74) is 1.01. The SMILES string of the molecule is CC(OC(=O)C=Cc1ccc2c(c1)OCO2)c1ccccc1[N+](=O)[O-]. The van der Waals surface area contributed by atoms with Gasteiger partial charge in [-0.2, -0.15) is 0 Å². The highest BCUT2D eigenvalue weighted by Gasteiger charge is 2.20. The number of esters is 1. The zero-order chi connectivity index (χ0) is 17.8. The summed E-state index contributed by atoms with van der Waals surface area (Å²) in [6.45, 7) is 1.77. The Hall–Kier alpha value is -3.35. The molecule has 25 heavy (non-hydrogen) atoms. The number of nitro groups is 1. The van der Waals surface area contributed by atoms with Crippen molar-refractivity contribution >= 4 is 17.7 Å². The molecule has 0 radical (unpaired) electrons. The number of fused-ring (bicyclic) bond motifs is 1. The number of ether oxygens (including phenoxy) is 3. The van der Waals surface area contributed by atoms with Gasteiger partial charge in [0, 0.05) is 12.1 Å². The van der Waals surface area contributed by atoms with E-state index in [9.17, 15) is 14.9 Å². The number of benzene rings is 2. The van der Waals surface area contributed by atoms with Crippen LogP contribution in [-0.4, -0.2) is 17.7 Å². The average Bonchev–Trinajstić information content (AvgIpc) is 3.07. The predicted octanol–water partition coefficient (Wildman–Crippen LogP) is 3.64. The molecule has 2 aromatic rings. The van der Waals surface area contributed by atoms with Crippen molar-refractivity contribution in [2.75, 3.05) is 6.79 Å². The summed E-state index contributed by atoms with van der Waals surface area (Å²) in [6.07, 6.45) is 2.11. The number of nitrogens with zero attached hydrogens (tertiary/aromatic N) is 1. The summed E-state index contributed by atoms with van der Waals surface area (Å²) in [5.74, 6) is 0.678. The van der Waals surface area contributed by atoms with Gasteiger partial charge in [-0.1, -0.05) is 18.2 Å². The van der Waals surface area contributed by atoms with Crippen molar-refractivity contribution in [2.45, 2.75) is 13.0 Å². The highest BCUT2D eigenvalue weighted by Crippen LogP contribution is 2.33. The van der Waals surface area contributed by atoms with Crippen molar-refractivity contribution in [1.29, 1.82) is 0 Å². The number of hydrogen-bond donors (Lipinski definition) is 0. The van der Waals surface area contributed by atoms with Crippen LogP contribution in [0.15, 0.2) is 48.5 Å². The molecule has 1 unspecified atom stereocenters. The first-order valence-electron chi connectivity index (χ1n) is 7.56. The maximum Gasteiger partial charge on any atom is 0.331 e. The molecule has 1 heterocycles. The summed E-state index contributed by atoms with van der Waals surface area (Å²) in [5, 5.41) is 11.0. The van der Waals surface area contributed by atoms with Gasteiger partial charge < -0.3 is 14.2 Å². The smallest absolute Gasteiger partial charge is 0.331 e. The highest BCUT2D eigenvalue weighted by atomic mass is 16.7. The summed E-state index contributed by atoms with van der Waals surface area (Å²) in [6, 6.07) is 11.5. The maximum absolute atomic E-state index is 12.0. The zero-order valence-corrected chi connectivity index (χ0v) is 13.4. The van der Waals surface area contributed by atoms with Gasteiger partial charge in [0.2, 0.25) is 6.79 Å². The first-order chi connectivity index (χ1) is 12.0. The monoisotopic (exact) mass is 341 g/mol. The Labute approximate surface area is 143 Å². The molecule has 1 aliphatic rings. The molecule has 0 spiro atoms. The Balaban J connectivity index is 1.67. The van der Waals surface area contributed by atoms with E-state index < -0.39 is 17.0 Å². The van der Waals surface area contributed by atoms with Crippen molar-refractivity contribution < 1.29 is 23.9 Å². The van der Waals surface area contributed by atoms with E-state index in [0.29, 0.717) is 17.1 Å². The summed E-state index contributed by atoms with van der Waals surface area (Å²) < 4.78 is 15.7. The molecular formula is C18H15NO6. The Morgan fingerprint density at radius 3 is 2.80 bits per heavy atom. The van der Waals surface area contributed by atoms with Gasteiger partial charge in [-0.15, -0.1) is 0 Å². The van der Waals surface area contributed by atoms with Crippen molar-refractivity contribution in [3.63, 3.8) is 0 Å². The van der Waals surface area contributed by atoms with E-state index in [4.69, 9.17) is 14.2 Å². The highest BCUT2D eigenvalue weighted by molar-refractivity contribution is 5.87. The molecule has 128 valence electrons. The molecule has 1 atom stereocenters. The van der Waals surface area contributed by atoms with Crippen LogP contribution in [0.1, 0.15) is 24.2 Å². The third-order valence-electron chi connectivity index (χ3n) is 3.67. The van der Waals surface area contributed by atoms with Crippen LogP contribution in [0.2, 0.25) is 0 Å². The minimum Gasteiger partial charge on any atom is -0.454 e. The first-order valence-corrected chi connectivity index (χ1v) is 7.56. The van der Waals surface area contributed by atoms with E-state index in [-0.39, 0.29) is 12.5 Å². The fraction of sp³-hybridized carbons (Fsp3) is 0.167. The molecule has 0 saturated carbocycles. The number of para-hydroxylation sites is 1. The van der Waals surface area contributed by atoms with Crippen LogP contribution in [0.25, 0.3) is 6.08 Å². The van der Waals surface area contributed by atoms with Crippen molar-refractivity contribution in [2.24, 2.45) is 0 Å². The van der Waals surface area contributed by atoms with E-state index >= 15 is 0 Å². The van der Waals surface area contributed by atoms with Gasteiger partial charge in [0.1, 0.15) is 6.10 Å². The van der Waals surface area contributed by atoms with Gasteiger partial charge in [-0.25, -0.2) is 4.79 Å². The largest absolute Gasteiger partial charge is 0.454 e. The quantitative estimate of drug-likeness (QED) is 0.357.